The second-order valence-corrected chi connectivity index (χ2v) is 9.65. The lowest BCUT2D eigenvalue weighted by Crippen LogP contribution is -2.41. The van der Waals surface area contributed by atoms with Crippen LogP contribution in [-0.4, -0.2) is 21.7 Å². The SMILES string of the molecule is Cc1cc(C(=O)NC2CCC(C(N)c3cccc(C)c3C)CC2)n(C(C)(C)C)n1. The highest BCUT2D eigenvalue weighted by atomic mass is 16.2. The van der Waals surface area contributed by atoms with E-state index < -0.39 is 0 Å². The number of aryl methyl sites for hydroxylation is 2. The molecule has 3 rings (SSSR count). The van der Waals surface area contributed by atoms with Gasteiger partial charge in [-0.2, -0.15) is 5.10 Å². The third-order valence-corrected chi connectivity index (χ3v) is 6.32. The van der Waals surface area contributed by atoms with E-state index in [2.05, 4.69) is 63.2 Å². The highest BCUT2D eigenvalue weighted by molar-refractivity contribution is 5.93. The van der Waals surface area contributed by atoms with Crippen LogP contribution in [0.15, 0.2) is 24.3 Å². The Morgan fingerprint density at radius 2 is 1.83 bits per heavy atom. The van der Waals surface area contributed by atoms with Crippen LogP contribution in [0.2, 0.25) is 0 Å². The summed E-state index contributed by atoms with van der Waals surface area (Å²) in [5.41, 5.74) is 11.8. The van der Waals surface area contributed by atoms with Gasteiger partial charge >= 0.3 is 0 Å². The zero-order chi connectivity index (χ0) is 21.3. The summed E-state index contributed by atoms with van der Waals surface area (Å²) in [4.78, 5) is 12.9. The van der Waals surface area contributed by atoms with Gasteiger partial charge in [-0.25, -0.2) is 0 Å². The third-order valence-electron chi connectivity index (χ3n) is 6.32. The molecule has 29 heavy (non-hydrogen) atoms. The van der Waals surface area contributed by atoms with E-state index in [4.69, 9.17) is 5.73 Å². The van der Waals surface area contributed by atoms with Crippen molar-refractivity contribution in [2.75, 3.05) is 0 Å². The van der Waals surface area contributed by atoms with Crippen LogP contribution < -0.4 is 11.1 Å². The summed E-state index contributed by atoms with van der Waals surface area (Å²) in [5, 5.41) is 7.76. The number of nitrogens with two attached hydrogens (primary N) is 1. The Kier molecular flexibility index (Phi) is 6.18. The molecular formula is C24H36N4O. The summed E-state index contributed by atoms with van der Waals surface area (Å²) in [6.45, 7) is 12.4. The molecule has 158 valence electrons. The Morgan fingerprint density at radius 1 is 1.17 bits per heavy atom. The van der Waals surface area contributed by atoms with Crippen molar-refractivity contribution in [3.8, 4) is 0 Å². The monoisotopic (exact) mass is 396 g/mol. The average molecular weight is 397 g/mol. The molecule has 1 fully saturated rings. The number of carbonyl (C=O) groups excluding carboxylic acids is 1. The largest absolute Gasteiger partial charge is 0.348 e. The maximum absolute atomic E-state index is 12.9. The smallest absolute Gasteiger partial charge is 0.269 e. The number of carbonyl (C=O) groups is 1. The van der Waals surface area contributed by atoms with E-state index in [0.717, 1.165) is 31.4 Å². The van der Waals surface area contributed by atoms with Crippen molar-refractivity contribution in [2.24, 2.45) is 11.7 Å². The van der Waals surface area contributed by atoms with Gasteiger partial charge in [-0.1, -0.05) is 18.2 Å². The van der Waals surface area contributed by atoms with Gasteiger partial charge < -0.3 is 11.1 Å². The van der Waals surface area contributed by atoms with Crippen molar-refractivity contribution >= 4 is 5.91 Å². The van der Waals surface area contributed by atoms with E-state index in [9.17, 15) is 4.79 Å². The minimum absolute atomic E-state index is 0.0252. The number of amides is 1. The molecule has 0 bridgehead atoms. The molecule has 0 radical (unpaired) electrons. The Morgan fingerprint density at radius 3 is 2.45 bits per heavy atom. The van der Waals surface area contributed by atoms with Crippen LogP contribution in [0.4, 0.5) is 0 Å². The minimum Gasteiger partial charge on any atom is -0.348 e. The van der Waals surface area contributed by atoms with Crippen molar-refractivity contribution in [1.29, 1.82) is 0 Å². The minimum atomic E-state index is -0.225. The molecule has 5 nitrogen and oxygen atoms in total. The van der Waals surface area contributed by atoms with Gasteiger partial charge in [0, 0.05) is 12.1 Å². The predicted molar refractivity (Wildman–Crippen MR) is 118 cm³/mol. The molecule has 1 heterocycles. The molecule has 0 spiro atoms. The van der Waals surface area contributed by atoms with Gasteiger partial charge in [-0.15, -0.1) is 0 Å². The van der Waals surface area contributed by atoms with Crippen molar-refractivity contribution in [3.63, 3.8) is 0 Å². The molecule has 1 unspecified atom stereocenters. The van der Waals surface area contributed by atoms with Crippen molar-refractivity contribution in [3.05, 3.63) is 52.3 Å². The molecule has 0 saturated heterocycles. The molecule has 1 saturated carbocycles. The second kappa shape index (κ2) is 8.31. The molecule has 1 aromatic carbocycles. The number of rotatable bonds is 4. The molecule has 0 aliphatic heterocycles. The first kappa shape index (κ1) is 21.6. The summed E-state index contributed by atoms with van der Waals surface area (Å²) in [6.07, 6.45) is 4.02. The summed E-state index contributed by atoms with van der Waals surface area (Å²) in [7, 11) is 0. The first-order valence-corrected chi connectivity index (χ1v) is 10.8. The highest BCUT2D eigenvalue weighted by Gasteiger charge is 2.30. The van der Waals surface area contributed by atoms with E-state index in [-0.39, 0.29) is 23.5 Å². The number of benzene rings is 1. The standard InChI is InChI=1S/C24H36N4O/c1-15-8-7-9-20(17(15)3)22(25)18-10-12-19(13-11-18)26-23(29)21-14-16(2)27-28(21)24(4,5)6/h7-9,14,18-19,22H,10-13,25H2,1-6H3,(H,26,29). The number of hydrogen-bond acceptors (Lipinski definition) is 3. The van der Waals surface area contributed by atoms with Gasteiger partial charge in [-0.3, -0.25) is 9.48 Å². The fraction of sp³-hybridized carbons (Fsp3) is 0.583. The Bertz CT molecular complexity index is 869. The number of nitrogens with zero attached hydrogens (tertiary/aromatic N) is 2. The van der Waals surface area contributed by atoms with E-state index in [0.29, 0.717) is 11.6 Å². The third kappa shape index (κ3) is 4.72. The molecule has 1 aromatic heterocycles. The summed E-state index contributed by atoms with van der Waals surface area (Å²) in [5.74, 6) is 0.439. The molecular weight excluding hydrogens is 360 g/mol. The maximum Gasteiger partial charge on any atom is 0.269 e. The lowest BCUT2D eigenvalue weighted by molar-refractivity contribution is 0.0901. The van der Waals surface area contributed by atoms with Gasteiger partial charge in [0.2, 0.25) is 0 Å². The molecule has 1 aliphatic carbocycles. The van der Waals surface area contributed by atoms with Crippen LogP contribution >= 0.6 is 0 Å². The van der Waals surface area contributed by atoms with Crippen LogP contribution in [0.1, 0.15) is 85.4 Å². The molecule has 2 aromatic rings. The number of hydrogen-bond donors (Lipinski definition) is 2. The molecule has 1 amide bonds. The van der Waals surface area contributed by atoms with Crippen LogP contribution in [0, 0.1) is 26.7 Å². The van der Waals surface area contributed by atoms with E-state index in [1.165, 1.54) is 16.7 Å². The summed E-state index contributed by atoms with van der Waals surface area (Å²) in [6, 6.07) is 8.55. The molecule has 1 aliphatic rings. The average Bonchev–Trinajstić information content (AvgIpc) is 3.06. The van der Waals surface area contributed by atoms with Gasteiger partial charge in [0.1, 0.15) is 5.69 Å². The first-order chi connectivity index (χ1) is 13.6. The van der Waals surface area contributed by atoms with Crippen molar-refractivity contribution in [1.82, 2.24) is 15.1 Å². The quantitative estimate of drug-likeness (QED) is 0.796. The van der Waals surface area contributed by atoms with E-state index in [1.54, 1.807) is 0 Å². The Labute approximate surface area is 175 Å². The summed E-state index contributed by atoms with van der Waals surface area (Å²) >= 11 is 0. The zero-order valence-corrected chi connectivity index (χ0v) is 18.7. The Balaban J connectivity index is 1.62. The van der Waals surface area contributed by atoms with Crippen LogP contribution in [0.5, 0.6) is 0 Å². The Hall–Kier alpha value is -2.14. The molecule has 3 N–H and O–H groups in total. The topological polar surface area (TPSA) is 72.9 Å². The van der Waals surface area contributed by atoms with Gasteiger partial charge in [0.05, 0.1) is 11.2 Å². The summed E-state index contributed by atoms with van der Waals surface area (Å²) < 4.78 is 1.83. The first-order valence-electron chi connectivity index (χ1n) is 10.8. The lowest BCUT2D eigenvalue weighted by atomic mass is 9.78. The van der Waals surface area contributed by atoms with Gasteiger partial charge in [0.25, 0.3) is 5.91 Å². The van der Waals surface area contributed by atoms with Gasteiger partial charge in [-0.05, 0) is 95.9 Å². The number of aromatic nitrogens is 2. The van der Waals surface area contributed by atoms with E-state index in [1.807, 2.05) is 17.7 Å². The predicted octanol–water partition coefficient (Wildman–Crippen LogP) is 4.55. The maximum atomic E-state index is 12.9. The normalized spacial score (nSPS) is 21.1. The van der Waals surface area contributed by atoms with Crippen LogP contribution in [-0.2, 0) is 5.54 Å². The fourth-order valence-electron chi connectivity index (χ4n) is 4.44. The number of nitrogens with one attached hydrogen (secondary N) is 1. The van der Waals surface area contributed by atoms with Crippen molar-refractivity contribution in [2.45, 2.75) is 84.8 Å². The zero-order valence-electron chi connectivity index (χ0n) is 18.7. The fourth-order valence-corrected chi connectivity index (χ4v) is 4.44. The molecule has 5 heteroatoms. The second-order valence-electron chi connectivity index (χ2n) is 9.65. The van der Waals surface area contributed by atoms with Crippen LogP contribution in [0.25, 0.3) is 0 Å². The van der Waals surface area contributed by atoms with Crippen molar-refractivity contribution < 1.29 is 4.79 Å². The lowest BCUT2D eigenvalue weighted by Gasteiger charge is -2.33. The highest BCUT2D eigenvalue weighted by Crippen LogP contribution is 2.35. The van der Waals surface area contributed by atoms with Crippen LogP contribution in [0.3, 0.4) is 0 Å². The van der Waals surface area contributed by atoms with Gasteiger partial charge in [0.15, 0.2) is 0 Å². The molecule has 1 atom stereocenters. The van der Waals surface area contributed by atoms with E-state index >= 15 is 0 Å².